The van der Waals surface area contributed by atoms with Crippen LogP contribution in [0.4, 0.5) is 0 Å². The second-order valence-electron chi connectivity index (χ2n) is 4.29. The molecule has 0 aromatic carbocycles. The zero-order valence-electron chi connectivity index (χ0n) is 10.1. The van der Waals surface area contributed by atoms with Crippen LogP contribution in [0.2, 0.25) is 0 Å². The van der Waals surface area contributed by atoms with Gasteiger partial charge in [0.2, 0.25) is 0 Å². The number of aryl methyl sites for hydroxylation is 1. The van der Waals surface area contributed by atoms with Crippen molar-refractivity contribution >= 4 is 5.97 Å². The van der Waals surface area contributed by atoms with Gasteiger partial charge in [0.15, 0.2) is 5.69 Å². The number of nitrogens with zero attached hydrogens (tertiary/aromatic N) is 3. The highest BCUT2D eigenvalue weighted by Crippen LogP contribution is 2.10. The van der Waals surface area contributed by atoms with Gasteiger partial charge in [0.05, 0.1) is 13.3 Å². The number of hydrogen-bond acceptors (Lipinski definition) is 5. The average molecular weight is 238 g/mol. The molecule has 1 aromatic rings. The van der Waals surface area contributed by atoms with E-state index >= 15 is 0 Å². The molecule has 0 bridgehead atoms. The quantitative estimate of drug-likeness (QED) is 0.778. The Morgan fingerprint density at radius 3 is 3.24 bits per heavy atom. The Balaban J connectivity index is 1.82. The summed E-state index contributed by atoms with van der Waals surface area (Å²) >= 11 is 0. The first-order chi connectivity index (χ1) is 8.29. The molecule has 1 fully saturated rings. The fourth-order valence-electron chi connectivity index (χ4n) is 2.06. The van der Waals surface area contributed by atoms with Crippen molar-refractivity contribution in [2.45, 2.75) is 38.3 Å². The summed E-state index contributed by atoms with van der Waals surface area (Å²) in [5.74, 6) is -0.438. The number of carbonyl (C=O) groups excluding carboxylic acids is 1. The summed E-state index contributed by atoms with van der Waals surface area (Å²) in [4.78, 5) is 11.2. The van der Waals surface area contributed by atoms with Crippen LogP contribution in [0.1, 0.15) is 36.2 Å². The number of ether oxygens (including phenoxy) is 1. The molecule has 0 saturated carbocycles. The van der Waals surface area contributed by atoms with Gasteiger partial charge in [-0.25, -0.2) is 4.79 Å². The molecule has 1 saturated heterocycles. The molecule has 2 rings (SSSR count). The highest BCUT2D eigenvalue weighted by Gasteiger charge is 2.14. The Bertz CT molecular complexity index is 371. The van der Waals surface area contributed by atoms with Crippen molar-refractivity contribution in [2.75, 3.05) is 13.7 Å². The van der Waals surface area contributed by atoms with Gasteiger partial charge in [-0.1, -0.05) is 11.6 Å². The second-order valence-corrected chi connectivity index (χ2v) is 4.29. The summed E-state index contributed by atoms with van der Waals surface area (Å²) in [7, 11) is 1.34. The molecule has 0 spiro atoms. The molecular formula is C11H18N4O2. The zero-order valence-corrected chi connectivity index (χ0v) is 10.1. The highest BCUT2D eigenvalue weighted by atomic mass is 16.5. The monoisotopic (exact) mass is 238 g/mol. The van der Waals surface area contributed by atoms with E-state index in [0.717, 1.165) is 19.5 Å². The lowest BCUT2D eigenvalue weighted by Crippen LogP contribution is -2.34. The number of esters is 1. The van der Waals surface area contributed by atoms with Gasteiger partial charge >= 0.3 is 5.97 Å². The van der Waals surface area contributed by atoms with E-state index in [2.05, 4.69) is 20.4 Å². The van der Waals surface area contributed by atoms with E-state index in [1.807, 2.05) is 0 Å². The van der Waals surface area contributed by atoms with Gasteiger partial charge in [-0.05, 0) is 25.8 Å². The normalized spacial score (nSPS) is 20.2. The fourth-order valence-corrected chi connectivity index (χ4v) is 2.06. The maximum Gasteiger partial charge on any atom is 0.360 e. The zero-order chi connectivity index (χ0) is 12.1. The number of piperidine rings is 1. The van der Waals surface area contributed by atoms with Crippen LogP contribution < -0.4 is 5.32 Å². The molecule has 1 aliphatic rings. The van der Waals surface area contributed by atoms with E-state index in [-0.39, 0.29) is 5.69 Å². The van der Waals surface area contributed by atoms with Gasteiger partial charge in [-0.2, -0.15) is 0 Å². The second kappa shape index (κ2) is 5.77. The summed E-state index contributed by atoms with van der Waals surface area (Å²) in [5, 5.41) is 11.2. The molecule has 1 atom stereocenters. The molecule has 1 N–H and O–H groups in total. The number of aromatic nitrogens is 3. The number of carbonyl (C=O) groups is 1. The van der Waals surface area contributed by atoms with Crippen LogP contribution >= 0.6 is 0 Å². The minimum atomic E-state index is -0.438. The van der Waals surface area contributed by atoms with Crippen molar-refractivity contribution in [1.29, 1.82) is 0 Å². The van der Waals surface area contributed by atoms with Crippen molar-refractivity contribution in [3.63, 3.8) is 0 Å². The van der Waals surface area contributed by atoms with Gasteiger partial charge < -0.3 is 10.1 Å². The third-order valence-corrected chi connectivity index (χ3v) is 3.05. The van der Waals surface area contributed by atoms with Crippen molar-refractivity contribution in [3.05, 3.63) is 11.9 Å². The van der Waals surface area contributed by atoms with Crippen molar-refractivity contribution in [2.24, 2.45) is 0 Å². The van der Waals surface area contributed by atoms with E-state index in [1.54, 1.807) is 10.9 Å². The van der Waals surface area contributed by atoms with Crippen LogP contribution in [-0.2, 0) is 11.3 Å². The van der Waals surface area contributed by atoms with E-state index in [9.17, 15) is 4.79 Å². The Morgan fingerprint density at radius 1 is 1.65 bits per heavy atom. The molecule has 94 valence electrons. The predicted octanol–water partition coefficient (Wildman–Crippen LogP) is 0.597. The van der Waals surface area contributed by atoms with Gasteiger partial charge in [-0.3, -0.25) is 4.68 Å². The van der Waals surface area contributed by atoms with Gasteiger partial charge in [0, 0.05) is 12.6 Å². The van der Waals surface area contributed by atoms with Crippen LogP contribution in [0.25, 0.3) is 0 Å². The Morgan fingerprint density at radius 2 is 2.53 bits per heavy atom. The predicted molar refractivity (Wildman–Crippen MR) is 61.6 cm³/mol. The molecular weight excluding hydrogens is 220 g/mol. The standard InChI is InChI=1S/C11H18N4O2/c1-17-11(16)10-8-15(14-13-10)7-5-9-4-2-3-6-12-9/h8-9,12H,2-7H2,1H3. The summed E-state index contributed by atoms with van der Waals surface area (Å²) in [5.41, 5.74) is 0.268. The Kier molecular flexibility index (Phi) is 4.08. The molecule has 1 unspecified atom stereocenters. The number of rotatable bonds is 4. The average Bonchev–Trinajstić information content (AvgIpc) is 2.85. The van der Waals surface area contributed by atoms with E-state index in [1.165, 1.54) is 26.4 Å². The molecule has 0 amide bonds. The summed E-state index contributed by atoms with van der Waals surface area (Å²) < 4.78 is 6.27. The Hall–Kier alpha value is -1.43. The molecule has 17 heavy (non-hydrogen) atoms. The fraction of sp³-hybridized carbons (Fsp3) is 0.727. The van der Waals surface area contributed by atoms with Crippen LogP contribution in [0.5, 0.6) is 0 Å². The first kappa shape index (κ1) is 12.0. The third-order valence-electron chi connectivity index (χ3n) is 3.05. The van der Waals surface area contributed by atoms with Crippen LogP contribution in [0.3, 0.4) is 0 Å². The molecule has 0 aliphatic carbocycles. The number of hydrogen-bond donors (Lipinski definition) is 1. The topological polar surface area (TPSA) is 69.0 Å². The lowest BCUT2D eigenvalue weighted by molar-refractivity contribution is 0.0594. The summed E-state index contributed by atoms with van der Waals surface area (Å²) in [6, 6.07) is 0.564. The maximum atomic E-state index is 11.2. The SMILES string of the molecule is COC(=O)c1cn(CCC2CCCCN2)nn1. The Labute approximate surface area is 100 Å². The van der Waals surface area contributed by atoms with Crippen molar-refractivity contribution in [3.8, 4) is 0 Å². The first-order valence-electron chi connectivity index (χ1n) is 6.01. The summed E-state index contributed by atoms with van der Waals surface area (Å²) in [6.07, 6.45) is 6.44. The largest absolute Gasteiger partial charge is 0.464 e. The van der Waals surface area contributed by atoms with E-state index in [0.29, 0.717) is 6.04 Å². The molecule has 2 heterocycles. The minimum Gasteiger partial charge on any atom is -0.464 e. The van der Waals surface area contributed by atoms with E-state index in [4.69, 9.17) is 0 Å². The molecule has 6 heteroatoms. The lowest BCUT2D eigenvalue weighted by atomic mass is 10.0. The molecule has 1 aliphatic heterocycles. The van der Waals surface area contributed by atoms with E-state index < -0.39 is 5.97 Å². The van der Waals surface area contributed by atoms with Crippen molar-refractivity contribution < 1.29 is 9.53 Å². The van der Waals surface area contributed by atoms with Gasteiger partial charge in [0.1, 0.15) is 0 Å². The van der Waals surface area contributed by atoms with Crippen molar-refractivity contribution in [1.82, 2.24) is 20.3 Å². The maximum absolute atomic E-state index is 11.2. The number of methoxy groups -OCH3 is 1. The smallest absolute Gasteiger partial charge is 0.360 e. The lowest BCUT2D eigenvalue weighted by Gasteiger charge is -2.23. The molecule has 0 radical (unpaired) electrons. The highest BCUT2D eigenvalue weighted by molar-refractivity contribution is 5.86. The van der Waals surface area contributed by atoms with Gasteiger partial charge in [-0.15, -0.1) is 5.10 Å². The summed E-state index contributed by atoms with van der Waals surface area (Å²) in [6.45, 7) is 1.89. The first-order valence-corrected chi connectivity index (χ1v) is 6.01. The van der Waals surface area contributed by atoms with Crippen LogP contribution in [0.15, 0.2) is 6.20 Å². The third kappa shape index (κ3) is 3.26. The van der Waals surface area contributed by atoms with Gasteiger partial charge in [0.25, 0.3) is 0 Å². The van der Waals surface area contributed by atoms with Crippen LogP contribution in [0, 0.1) is 0 Å². The molecule has 6 nitrogen and oxygen atoms in total. The van der Waals surface area contributed by atoms with Crippen LogP contribution in [-0.4, -0.2) is 40.7 Å². The number of nitrogens with one attached hydrogen (secondary N) is 1. The molecule has 1 aromatic heterocycles. The minimum absolute atomic E-state index is 0.268.